The standard InChI is InChI=1S/C24H27N7O2/c1-15-13-31-21(26-23(15)29-10-8-17(32)14-29)11-19(28-31)20-7-2-3-9-30(20)24(33)18-6-4-5-16-12-25-27-22(16)18/h4-6,11-13,17,20,32H,2-3,7-10,14H2,1H3,(H,25,27)/t17-,20+/m1/s1. The molecule has 2 N–H and O–H groups in total. The molecule has 0 aliphatic carbocycles. The summed E-state index contributed by atoms with van der Waals surface area (Å²) >= 11 is 0. The summed E-state index contributed by atoms with van der Waals surface area (Å²) in [5.41, 5.74) is 4.07. The summed E-state index contributed by atoms with van der Waals surface area (Å²) in [6, 6.07) is 7.63. The summed E-state index contributed by atoms with van der Waals surface area (Å²) in [5.74, 6) is 0.899. The van der Waals surface area contributed by atoms with Crippen LogP contribution in [0.3, 0.4) is 0 Å². The minimum absolute atomic E-state index is 0.00230. The minimum atomic E-state index is -0.302. The lowest BCUT2D eigenvalue weighted by atomic mass is 9.98. The summed E-state index contributed by atoms with van der Waals surface area (Å²) in [5, 5.41) is 22.8. The Morgan fingerprint density at radius 1 is 1.21 bits per heavy atom. The monoisotopic (exact) mass is 445 g/mol. The predicted molar refractivity (Wildman–Crippen MR) is 124 cm³/mol. The van der Waals surface area contributed by atoms with Gasteiger partial charge < -0.3 is 14.9 Å². The number of aromatic amines is 1. The van der Waals surface area contributed by atoms with Crippen LogP contribution in [0.2, 0.25) is 0 Å². The number of H-pyrrole nitrogens is 1. The SMILES string of the molecule is Cc1cn2nc([C@@H]3CCCCN3C(=O)c3cccc4cn[nH]c34)cc2nc1N1CC[C@@H](O)C1. The molecule has 2 aliphatic heterocycles. The third kappa shape index (κ3) is 3.43. The van der Waals surface area contributed by atoms with Crippen LogP contribution in [-0.4, -0.2) is 66.4 Å². The number of benzene rings is 1. The number of nitrogens with one attached hydrogen (secondary N) is 1. The van der Waals surface area contributed by atoms with E-state index in [1.165, 1.54) is 0 Å². The first-order valence-electron chi connectivity index (χ1n) is 11.6. The smallest absolute Gasteiger partial charge is 0.256 e. The van der Waals surface area contributed by atoms with Crippen LogP contribution in [0.25, 0.3) is 16.6 Å². The van der Waals surface area contributed by atoms with E-state index in [-0.39, 0.29) is 18.1 Å². The molecule has 2 aliphatic rings. The number of hydrogen-bond donors (Lipinski definition) is 2. The third-order valence-electron chi connectivity index (χ3n) is 6.90. The summed E-state index contributed by atoms with van der Waals surface area (Å²) in [4.78, 5) is 22.6. The summed E-state index contributed by atoms with van der Waals surface area (Å²) < 4.78 is 1.81. The van der Waals surface area contributed by atoms with Crippen molar-refractivity contribution in [1.82, 2.24) is 29.7 Å². The lowest BCUT2D eigenvalue weighted by molar-refractivity contribution is 0.0607. The first-order valence-corrected chi connectivity index (χ1v) is 11.6. The first-order chi connectivity index (χ1) is 16.1. The fraction of sp³-hybridized carbons (Fsp3) is 0.417. The molecule has 5 heterocycles. The number of anilines is 1. The van der Waals surface area contributed by atoms with Gasteiger partial charge in [0.15, 0.2) is 5.65 Å². The predicted octanol–water partition coefficient (Wildman–Crippen LogP) is 2.85. The molecule has 33 heavy (non-hydrogen) atoms. The Morgan fingerprint density at radius 2 is 2.12 bits per heavy atom. The van der Waals surface area contributed by atoms with Gasteiger partial charge >= 0.3 is 0 Å². The van der Waals surface area contributed by atoms with Gasteiger partial charge in [-0.1, -0.05) is 12.1 Å². The quantitative estimate of drug-likeness (QED) is 0.503. The lowest BCUT2D eigenvalue weighted by Gasteiger charge is -2.34. The molecule has 4 aromatic rings. The minimum Gasteiger partial charge on any atom is -0.391 e. The summed E-state index contributed by atoms with van der Waals surface area (Å²) in [7, 11) is 0. The van der Waals surface area contributed by atoms with E-state index in [2.05, 4.69) is 15.1 Å². The maximum atomic E-state index is 13.6. The van der Waals surface area contributed by atoms with Crippen LogP contribution in [-0.2, 0) is 0 Å². The second kappa shape index (κ2) is 7.84. The molecule has 1 aromatic carbocycles. The number of nitrogens with zero attached hydrogens (tertiary/aromatic N) is 6. The van der Waals surface area contributed by atoms with E-state index in [0.29, 0.717) is 18.7 Å². The van der Waals surface area contributed by atoms with Gasteiger partial charge in [0.25, 0.3) is 5.91 Å². The van der Waals surface area contributed by atoms with E-state index in [4.69, 9.17) is 10.1 Å². The molecule has 0 unspecified atom stereocenters. The van der Waals surface area contributed by atoms with Crippen molar-refractivity contribution in [2.75, 3.05) is 24.5 Å². The van der Waals surface area contributed by atoms with Crippen molar-refractivity contribution >= 4 is 28.3 Å². The molecule has 9 heteroatoms. The van der Waals surface area contributed by atoms with Crippen molar-refractivity contribution in [2.45, 2.75) is 44.8 Å². The zero-order valence-corrected chi connectivity index (χ0v) is 18.6. The Bertz CT molecular complexity index is 1340. The van der Waals surface area contributed by atoms with Crippen molar-refractivity contribution in [3.05, 3.63) is 53.5 Å². The molecule has 2 atom stereocenters. The number of para-hydroxylation sites is 1. The molecular formula is C24H27N7O2. The maximum Gasteiger partial charge on any atom is 0.256 e. The second-order valence-corrected chi connectivity index (χ2v) is 9.16. The van der Waals surface area contributed by atoms with Crippen LogP contribution in [0.4, 0.5) is 5.82 Å². The van der Waals surface area contributed by atoms with Crippen molar-refractivity contribution in [3.63, 3.8) is 0 Å². The number of likely N-dealkylation sites (tertiary alicyclic amines) is 1. The number of fused-ring (bicyclic) bond motifs is 2. The fourth-order valence-electron chi connectivity index (χ4n) is 5.22. The van der Waals surface area contributed by atoms with Crippen molar-refractivity contribution in [3.8, 4) is 0 Å². The molecule has 2 fully saturated rings. The number of amides is 1. The zero-order chi connectivity index (χ0) is 22.5. The zero-order valence-electron chi connectivity index (χ0n) is 18.6. The maximum absolute atomic E-state index is 13.6. The number of aromatic nitrogens is 5. The van der Waals surface area contributed by atoms with E-state index in [0.717, 1.165) is 65.9 Å². The number of aliphatic hydroxyl groups excluding tert-OH is 1. The summed E-state index contributed by atoms with van der Waals surface area (Å²) in [6.45, 7) is 4.13. The normalized spacial score (nSPS) is 21.4. The Balaban J connectivity index is 1.35. The van der Waals surface area contributed by atoms with Gasteiger partial charge in [0, 0.05) is 42.8 Å². The molecule has 9 nitrogen and oxygen atoms in total. The average molecular weight is 446 g/mol. The van der Waals surface area contributed by atoms with E-state index >= 15 is 0 Å². The van der Waals surface area contributed by atoms with E-state index in [1.807, 2.05) is 46.8 Å². The Hall–Kier alpha value is -3.46. The number of rotatable bonds is 3. The third-order valence-corrected chi connectivity index (χ3v) is 6.90. The molecule has 170 valence electrons. The van der Waals surface area contributed by atoms with Gasteiger partial charge in [-0.15, -0.1) is 0 Å². The number of β-amino-alcohol motifs (C(OH)–C–C–N with tert-alkyl or cyclic N) is 1. The van der Waals surface area contributed by atoms with Gasteiger partial charge in [0.05, 0.1) is 35.1 Å². The van der Waals surface area contributed by atoms with Gasteiger partial charge in [-0.3, -0.25) is 9.89 Å². The molecular weight excluding hydrogens is 418 g/mol. The average Bonchev–Trinajstić information content (AvgIpc) is 3.57. The van der Waals surface area contributed by atoms with Gasteiger partial charge in [-0.05, 0) is 38.7 Å². The van der Waals surface area contributed by atoms with E-state index in [1.54, 1.807) is 6.20 Å². The van der Waals surface area contributed by atoms with Crippen LogP contribution < -0.4 is 4.90 Å². The Morgan fingerprint density at radius 3 is 2.97 bits per heavy atom. The number of carbonyl (C=O) groups excluding carboxylic acids is 1. The molecule has 1 amide bonds. The molecule has 0 saturated carbocycles. The number of hydrogen-bond acceptors (Lipinski definition) is 6. The number of carbonyl (C=O) groups is 1. The van der Waals surface area contributed by atoms with Crippen LogP contribution >= 0.6 is 0 Å². The molecule has 3 aromatic heterocycles. The number of aliphatic hydroxyl groups is 1. The Kier molecular flexibility index (Phi) is 4.79. The lowest BCUT2D eigenvalue weighted by Crippen LogP contribution is -2.38. The van der Waals surface area contributed by atoms with Gasteiger partial charge in [-0.25, -0.2) is 9.50 Å². The highest BCUT2D eigenvalue weighted by molar-refractivity contribution is 6.05. The van der Waals surface area contributed by atoms with Crippen molar-refractivity contribution in [2.24, 2.45) is 0 Å². The highest BCUT2D eigenvalue weighted by Crippen LogP contribution is 2.33. The number of piperidine rings is 1. The second-order valence-electron chi connectivity index (χ2n) is 9.16. The Labute approximate surface area is 191 Å². The van der Waals surface area contributed by atoms with E-state index < -0.39 is 0 Å². The topological polar surface area (TPSA) is 103 Å². The van der Waals surface area contributed by atoms with Crippen LogP contribution in [0.15, 0.2) is 36.7 Å². The molecule has 2 saturated heterocycles. The number of aryl methyl sites for hydroxylation is 1. The van der Waals surface area contributed by atoms with Gasteiger partial charge in [0.2, 0.25) is 0 Å². The summed E-state index contributed by atoms with van der Waals surface area (Å²) in [6.07, 6.45) is 7.11. The van der Waals surface area contributed by atoms with Crippen molar-refractivity contribution < 1.29 is 9.90 Å². The molecule has 0 spiro atoms. The highest BCUT2D eigenvalue weighted by Gasteiger charge is 2.32. The van der Waals surface area contributed by atoms with Crippen LogP contribution in [0.5, 0.6) is 0 Å². The van der Waals surface area contributed by atoms with Crippen LogP contribution in [0.1, 0.15) is 53.3 Å². The molecule has 6 rings (SSSR count). The first kappa shape index (κ1) is 20.2. The molecule has 0 radical (unpaired) electrons. The fourth-order valence-corrected chi connectivity index (χ4v) is 5.22. The van der Waals surface area contributed by atoms with Crippen LogP contribution in [0, 0.1) is 6.92 Å². The van der Waals surface area contributed by atoms with E-state index in [9.17, 15) is 9.90 Å². The highest BCUT2D eigenvalue weighted by atomic mass is 16.3. The van der Waals surface area contributed by atoms with Gasteiger partial charge in [0.1, 0.15) is 5.82 Å². The van der Waals surface area contributed by atoms with Gasteiger partial charge in [-0.2, -0.15) is 10.2 Å². The largest absolute Gasteiger partial charge is 0.391 e. The molecule has 0 bridgehead atoms. The van der Waals surface area contributed by atoms with Crippen molar-refractivity contribution in [1.29, 1.82) is 0 Å².